The molecule has 0 aliphatic carbocycles. The average molecular weight is 287 g/mol. The molecule has 0 saturated heterocycles. The summed E-state index contributed by atoms with van der Waals surface area (Å²) in [4.78, 5) is 13.3. The molecule has 2 heterocycles. The van der Waals surface area contributed by atoms with E-state index in [2.05, 4.69) is 0 Å². The van der Waals surface area contributed by atoms with E-state index in [1.165, 1.54) is 11.3 Å². The van der Waals surface area contributed by atoms with Crippen LogP contribution >= 0.6 is 34.3 Å². The largest absolute Gasteiger partial charge is 0.481 e. The Bertz CT molecular complexity index is 530. The highest BCUT2D eigenvalue weighted by Crippen LogP contribution is 2.32. The zero-order valence-corrected chi connectivity index (χ0v) is 11.5. The molecule has 0 aliphatic rings. The van der Waals surface area contributed by atoms with Crippen molar-refractivity contribution in [3.05, 3.63) is 43.2 Å². The van der Waals surface area contributed by atoms with E-state index in [1.54, 1.807) is 23.5 Å². The van der Waals surface area contributed by atoms with Crippen molar-refractivity contribution in [2.45, 2.75) is 19.3 Å². The Kier molecular flexibility index (Phi) is 3.86. The lowest BCUT2D eigenvalue weighted by atomic mass is 10.0. The van der Waals surface area contributed by atoms with Gasteiger partial charge in [0, 0.05) is 16.2 Å². The fourth-order valence-corrected chi connectivity index (χ4v) is 3.73. The van der Waals surface area contributed by atoms with Gasteiger partial charge in [0.2, 0.25) is 0 Å². The van der Waals surface area contributed by atoms with Gasteiger partial charge < -0.3 is 5.11 Å². The Hall–Kier alpha value is -0.840. The summed E-state index contributed by atoms with van der Waals surface area (Å²) in [6.45, 7) is 2.01. The minimum absolute atomic E-state index is 0.496. The van der Waals surface area contributed by atoms with Crippen molar-refractivity contribution >= 4 is 40.2 Å². The summed E-state index contributed by atoms with van der Waals surface area (Å²) in [5.41, 5.74) is 1.16. The first-order valence-corrected chi connectivity index (χ1v) is 7.16. The first-order chi connectivity index (χ1) is 8.08. The maximum absolute atomic E-state index is 11.3. The normalized spacial score (nSPS) is 12.6. The summed E-state index contributed by atoms with van der Waals surface area (Å²) in [5, 5.41) is 11.3. The van der Waals surface area contributed by atoms with E-state index in [0.29, 0.717) is 10.8 Å². The molecule has 0 bridgehead atoms. The lowest BCUT2D eigenvalue weighted by Gasteiger charge is -2.09. The molecule has 2 aromatic heterocycles. The third kappa shape index (κ3) is 2.89. The van der Waals surface area contributed by atoms with Gasteiger partial charge in [-0.25, -0.2) is 0 Å². The number of rotatable bonds is 4. The fraction of sp³-hybridized carbons (Fsp3) is 0.250. The van der Waals surface area contributed by atoms with Crippen molar-refractivity contribution in [2.24, 2.45) is 0 Å². The van der Waals surface area contributed by atoms with Gasteiger partial charge in [0.05, 0.1) is 10.3 Å². The molecule has 1 N–H and O–H groups in total. The Morgan fingerprint density at radius 2 is 2.24 bits per heavy atom. The first-order valence-electron chi connectivity index (χ1n) is 5.09. The van der Waals surface area contributed by atoms with Crippen molar-refractivity contribution in [1.82, 2.24) is 0 Å². The van der Waals surface area contributed by atoms with Gasteiger partial charge in [-0.1, -0.05) is 11.6 Å². The molecular formula is C12H11ClO2S2. The van der Waals surface area contributed by atoms with Crippen molar-refractivity contribution in [3.8, 4) is 0 Å². The number of aliphatic carboxylic acids is 1. The second-order valence-corrected chi connectivity index (χ2v) is 6.51. The van der Waals surface area contributed by atoms with E-state index >= 15 is 0 Å². The summed E-state index contributed by atoms with van der Waals surface area (Å²) in [7, 11) is 0. The number of carboxylic acid groups (broad SMARTS) is 1. The van der Waals surface area contributed by atoms with Gasteiger partial charge in [-0.2, -0.15) is 0 Å². The summed E-state index contributed by atoms with van der Waals surface area (Å²) >= 11 is 8.80. The topological polar surface area (TPSA) is 37.3 Å². The Morgan fingerprint density at radius 1 is 1.47 bits per heavy atom. The van der Waals surface area contributed by atoms with Gasteiger partial charge >= 0.3 is 5.97 Å². The molecule has 0 saturated carbocycles. The monoisotopic (exact) mass is 286 g/mol. The van der Waals surface area contributed by atoms with E-state index < -0.39 is 11.9 Å². The number of thiophene rings is 2. The van der Waals surface area contributed by atoms with Crippen LogP contribution in [0.2, 0.25) is 4.34 Å². The SMILES string of the molecule is Cc1ccsc1CC(C(=O)O)c1ccc(Cl)s1. The van der Waals surface area contributed by atoms with Gasteiger partial charge in [-0.3, -0.25) is 4.79 Å². The van der Waals surface area contributed by atoms with Crippen LogP contribution in [0.15, 0.2) is 23.6 Å². The molecule has 0 aliphatic heterocycles. The number of carboxylic acids is 1. The summed E-state index contributed by atoms with van der Waals surface area (Å²) in [6.07, 6.45) is 0.537. The Balaban J connectivity index is 2.25. The third-order valence-corrected chi connectivity index (χ3v) is 4.98. The second-order valence-electron chi connectivity index (χ2n) is 3.76. The molecule has 17 heavy (non-hydrogen) atoms. The Morgan fingerprint density at radius 3 is 2.71 bits per heavy atom. The van der Waals surface area contributed by atoms with Crippen LogP contribution in [-0.4, -0.2) is 11.1 Å². The molecule has 2 aromatic rings. The highest BCUT2D eigenvalue weighted by molar-refractivity contribution is 7.16. The van der Waals surface area contributed by atoms with Gasteiger partial charge in [-0.05, 0) is 36.1 Å². The van der Waals surface area contributed by atoms with Crippen molar-refractivity contribution in [1.29, 1.82) is 0 Å². The molecule has 2 rings (SSSR count). The van der Waals surface area contributed by atoms with Crippen molar-refractivity contribution in [3.63, 3.8) is 0 Å². The smallest absolute Gasteiger partial charge is 0.312 e. The standard InChI is InChI=1S/C12H11ClO2S2/c1-7-4-5-16-10(7)6-8(12(14)15)9-2-3-11(13)17-9/h2-5,8H,6H2,1H3,(H,14,15). The van der Waals surface area contributed by atoms with Crippen molar-refractivity contribution in [2.75, 3.05) is 0 Å². The molecule has 0 fully saturated rings. The van der Waals surface area contributed by atoms with Crippen LogP contribution in [0.1, 0.15) is 21.2 Å². The van der Waals surface area contributed by atoms with E-state index in [1.807, 2.05) is 18.4 Å². The third-order valence-electron chi connectivity index (χ3n) is 2.59. The van der Waals surface area contributed by atoms with Crippen LogP contribution in [0.4, 0.5) is 0 Å². The molecule has 0 radical (unpaired) electrons. The zero-order valence-electron chi connectivity index (χ0n) is 9.14. The maximum atomic E-state index is 11.3. The lowest BCUT2D eigenvalue weighted by molar-refractivity contribution is -0.138. The predicted molar refractivity (Wildman–Crippen MR) is 72.5 cm³/mol. The molecular weight excluding hydrogens is 276 g/mol. The zero-order chi connectivity index (χ0) is 12.4. The number of hydrogen-bond donors (Lipinski definition) is 1. The maximum Gasteiger partial charge on any atom is 0.312 e. The number of aryl methyl sites for hydroxylation is 1. The van der Waals surface area contributed by atoms with Gasteiger partial charge in [0.1, 0.15) is 0 Å². The molecule has 90 valence electrons. The molecule has 1 unspecified atom stereocenters. The van der Waals surface area contributed by atoms with Gasteiger partial charge in [0.25, 0.3) is 0 Å². The predicted octanol–water partition coefficient (Wildman–Crippen LogP) is 4.18. The summed E-state index contributed by atoms with van der Waals surface area (Å²) in [6, 6.07) is 5.56. The van der Waals surface area contributed by atoms with Crippen LogP contribution in [0.3, 0.4) is 0 Å². The van der Waals surface area contributed by atoms with Gasteiger partial charge in [0.15, 0.2) is 0 Å². The van der Waals surface area contributed by atoms with Crippen molar-refractivity contribution < 1.29 is 9.90 Å². The number of halogens is 1. The van der Waals surface area contributed by atoms with Gasteiger partial charge in [-0.15, -0.1) is 22.7 Å². The fourth-order valence-electron chi connectivity index (χ4n) is 1.62. The van der Waals surface area contributed by atoms with Crippen LogP contribution in [0.5, 0.6) is 0 Å². The van der Waals surface area contributed by atoms with Crippen LogP contribution in [-0.2, 0) is 11.2 Å². The van der Waals surface area contributed by atoms with Crippen LogP contribution < -0.4 is 0 Å². The molecule has 1 atom stereocenters. The molecule has 2 nitrogen and oxygen atoms in total. The molecule has 0 aromatic carbocycles. The van der Waals surface area contributed by atoms with E-state index in [0.717, 1.165) is 15.3 Å². The lowest BCUT2D eigenvalue weighted by Crippen LogP contribution is -2.12. The minimum Gasteiger partial charge on any atom is -0.481 e. The summed E-state index contributed by atoms with van der Waals surface area (Å²) < 4.78 is 0.633. The number of hydrogen-bond acceptors (Lipinski definition) is 3. The molecule has 0 amide bonds. The van der Waals surface area contributed by atoms with E-state index in [9.17, 15) is 9.90 Å². The van der Waals surface area contributed by atoms with Crippen LogP contribution in [0.25, 0.3) is 0 Å². The average Bonchev–Trinajstić information content (AvgIpc) is 2.84. The highest BCUT2D eigenvalue weighted by atomic mass is 35.5. The first kappa shape index (κ1) is 12.6. The number of carbonyl (C=O) groups is 1. The van der Waals surface area contributed by atoms with E-state index in [4.69, 9.17) is 11.6 Å². The quantitative estimate of drug-likeness (QED) is 0.915. The van der Waals surface area contributed by atoms with Crippen LogP contribution in [0, 0.1) is 6.92 Å². The Labute approximate surface area is 112 Å². The minimum atomic E-state index is -0.795. The molecule has 0 spiro atoms. The second kappa shape index (κ2) is 5.21. The summed E-state index contributed by atoms with van der Waals surface area (Å²) in [5.74, 6) is -1.29. The van der Waals surface area contributed by atoms with E-state index in [-0.39, 0.29) is 0 Å². The molecule has 5 heteroatoms. The highest BCUT2D eigenvalue weighted by Gasteiger charge is 2.23.